The molecule has 4 aromatic heterocycles. The summed E-state index contributed by atoms with van der Waals surface area (Å²) in [6, 6.07) is 8.85. The predicted molar refractivity (Wildman–Crippen MR) is 104 cm³/mol. The quantitative estimate of drug-likeness (QED) is 0.528. The molecule has 0 aliphatic carbocycles. The topological polar surface area (TPSA) is 139 Å². The van der Waals surface area contributed by atoms with Crippen molar-refractivity contribution in [3.8, 4) is 17.5 Å². The second-order valence-corrected chi connectivity index (χ2v) is 6.17. The van der Waals surface area contributed by atoms with Crippen molar-refractivity contribution in [1.29, 1.82) is 5.26 Å². The molecule has 0 unspecified atom stereocenters. The fourth-order valence-electron chi connectivity index (χ4n) is 2.82. The molecule has 0 bridgehead atoms. The molecule has 0 aliphatic heterocycles. The number of nitrogens with zero attached hydrogens (tertiary/aromatic N) is 8. The number of aryl methyl sites for hydroxylation is 2. The summed E-state index contributed by atoms with van der Waals surface area (Å²) in [5.74, 6) is 1.42. The third-order valence-electron chi connectivity index (χ3n) is 3.94. The number of carbonyl (C=O) groups excluding carboxylic acids is 1. The van der Waals surface area contributed by atoms with Gasteiger partial charge in [0.1, 0.15) is 23.8 Å². The van der Waals surface area contributed by atoms with Gasteiger partial charge in [0.15, 0.2) is 17.3 Å². The van der Waals surface area contributed by atoms with Crippen LogP contribution in [0.4, 0.5) is 17.5 Å². The molecule has 1 amide bonds. The molecule has 0 saturated heterocycles. The molecule has 0 atom stereocenters. The highest BCUT2D eigenvalue weighted by atomic mass is 16.1. The molecule has 4 rings (SSSR count). The Morgan fingerprint density at radius 3 is 2.86 bits per heavy atom. The number of carbonyl (C=O) groups is 1. The molecular weight excluding hydrogens is 372 g/mol. The van der Waals surface area contributed by atoms with Gasteiger partial charge >= 0.3 is 0 Å². The average molecular weight is 388 g/mol. The highest BCUT2D eigenvalue weighted by Crippen LogP contribution is 2.30. The number of hydrogen-bond donors (Lipinski definition) is 2. The van der Waals surface area contributed by atoms with Gasteiger partial charge in [0.25, 0.3) is 0 Å². The van der Waals surface area contributed by atoms with Gasteiger partial charge in [-0.25, -0.2) is 19.5 Å². The first kappa shape index (κ1) is 18.1. The van der Waals surface area contributed by atoms with Crippen molar-refractivity contribution in [2.75, 3.05) is 10.6 Å². The van der Waals surface area contributed by atoms with E-state index in [-0.39, 0.29) is 6.42 Å². The number of fused-ring (bicyclic) bond motifs is 1. The first-order valence-corrected chi connectivity index (χ1v) is 8.67. The second kappa shape index (κ2) is 7.35. The van der Waals surface area contributed by atoms with E-state index in [4.69, 9.17) is 5.26 Å². The molecule has 29 heavy (non-hydrogen) atoms. The van der Waals surface area contributed by atoms with Gasteiger partial charge in [-0.1, -0.05) is 0 Å². The van der Waals surface area contributed by atoms with E-state index < -0.39 is 5.91 Å². The zero-order valence-electron chi connectivity index (χ0n) is 15.7. The van der Waals surface area contributed by atoms with E-state index in [2.05, 4.69) is 35.8 Å². The lowest BCUT2D eigenvalue weighted by atomic mass is 10.2. The van der Waals surface area contributed by atoms with Crippen LogP contribution in [0.25, 0.3) is 17.0 Å². The number of aromatic nitrogens is 7. The molecule has 0 saturated carbocycles. The van der Waals surface area contributed by atoms with Gasteiger partial charge in [0.2, 0.25) is 5.91 Å². The summed E-state index contributed by atoms with van der Waals surface area (Å²) in [7, 11) is 1.82. The Kier molecular flexibility index (Phi) is 4.58. The number of anilines is 3. The fourth-order valence-corrected chi connectivity index (χ4v) is 2.82. The highest BCUT2D eigenvalue weighted by molar-refractivity contribution is 5.91. The SMILES string of the molecule is Cc1nc(NC(=O)CC#N)cc(-c2c(Nc3ccn(C)n3)nc3cccnn23)n1. The van der Waals surface area contributed by atoms with Crippen molar-refractivity contribution in [2.45, 2.75) is 13.3 Å². The van der Waals surface area contributed by atoms with Crippen LogP contribution in [0.2, 0.25) is 0 Å². The predicted octanol–water partition coefficient (Wildman–Crippen LogP) is 1.82. The molecular formula is C18H16N10O. The molecule has 0 fully saturated rings. The van der Waals surface area contributed by atoms with Crippen molar-refractivity contribution >= 4 is 29.0 Å². The molecule has 2 N–H and O–H groups in total. The van der Waals surface area contributed by atoms with Crippen LogP contribution < -0.4 is 10.6 Å². The van der Waals surface area contributed by atoms with Crippen LogP contribution in [-0.4, -0.2) is 40.3 Å². The zero-order valence-corrected chi connectivity index (χ0v) is 15.7. The third kappa shape index (κ3) is 3.72. The normalized spacial score (nSPS) is 10.7. The van der Waals surface area contributed by atoms with E-state index in [0.717, 1.165) is 0 Å². The van der Waals surface area contributed by atoms with Gasteiger partial charge in [-0.3, -0.25) is 9.48 Å². The number of rotatable bonds is 5. The smallest absolute Gasteiger partial charge is 0.239 e. The maximum absolute atomic E-state index is 11.8. The van der Waals surface area contributed by atoms with Crippen molar-refractivity contribution in [1.82, 2.24) is 34.3 Å². The Bertz CT molecular complexity index is 1250. The van der Waals surface area contributed by atoms with Crippen LogP contribution in [0.3, 0.4) is 0 Å². The van der Waals surface area contributed by atoms with Crippen LogP contribution in [0.15, 0.2) is 36.7 Å². The number of imidazole rings is 1. The first-order chi connectivity index (χ1) is 14.0. The van der Waals surface area contributed by atoms with Crippen molar-refractivity contribution in [3.63, 3.8) is 0 Å². The maximum atomic E-state index is 11.8. The Morgan fingerprint density at radius 2 is 2.10 bits per heavy atom. The van der Waals surface area contributed by atoms with E-state index in [1.165, 1.54) is 0 Å². The van der Waals surface area contributed by atoms with E-state index in [0.29, 0.717) is 40.3 Å². The average Bonchev–Trinajstić information content (AvgIpc) is 3.24. The van der Waals surface area contributed by atoms with Gasteiger partial charge < -0.3 is 10.6 Å². The standard InChI is InChI=1S/C18H16N10O/c1-11-21-12(10-14(22-11)23-16(29)5-7-19)17-18(24-13-6-9-27(2)26-13)25-15-4-3-8-20-28(15)17/h3-4,6,8-10H,5H2,1-2H3,(H,24,26)(H,21,22,23,29). The maximum Gasteiger partial charge on any atom is 0.239 e. The number of nitriles is 1. The molecule has 11 nitrogen and oxygen atoms in total. The summed E-state index contributed by atoms with van der Waals surface area (Å²) in [4.78, 5) is 25.1. The van der Waals surface area contributed by atoms with Crippen molar-refractivity contribution in [3.05, 3.63) is 42.5 Å². The monoisotopic (exact) mass is 388 g/mol. The highest BCUT2D eigenvalue weighted by Gasteiger charge is 2.19. The Balaban J connectivity index is 1.82. The molecule has 11 heteroatoms. The molecule has 4 heterocycles. The van der Waals surface area contributed by atoms with Crippen LogP contribution in [0.5, 0.6) is 0 Å². The van der Waals surface area contributed by atoms with E-state index >= 15 is 0 Å². The third-order valence-corrected chi connectivity index (χ3v) is 3.94. The van der Waals surface area contributed by atoms with Crippen molar-refractivity contribution in [2.24, 2.45) is 7.05 Å². The Labute approximate surface area is 165 Å². The van der Waals surface area contributed by atoms with Gasteiger partial charge in [0.05, 0.1) is 11.8 Å². The number of amides is 1. The number of hydrogen-bond acceptors (Lipinski definition) is 8. The summed E-state index contributed by atoms with van der Waals surface area (Å²) in [6.07, 6.45) is 3.20. The summed E-state index contributed by atoms with van der Waals surface area (Å²) < 4.78 is 3.32. The fraction of sp³-hybridized carbons (Fsp3) is 0.167. The van der Waals surface area contributed by atoms with Crippen LogP contribution in [-0.2, 0) is 11.8 Å². The summed E-state index contributed by atoms with van der Waals surface area (Å²) >= 11 is 0. The largest absolute Gasteiger partial charge is 0.322 e. The molecule has 0 spiro atoms. The minimum Gasteiger partial charge on any atom is -0.322 e. The number of nitrogens with one attached hydrogen (secondary N) is 2. The minimum atomic E-state index is -0.445. The lowest BCUT2D eigenvalue weighted by molar-refractivity contribution is -0.115. The van der Waals surface area contributed by atoms with Gasteiger partial charge in [-0.05, 0) is 19.1 Å². The van der Waals surface area contributed by atoms with Gasteiger partial charge in [0, 0.05) is 31.6 Å². The lowest BCUT2D eigenvalue weighted by Gasteiger charge is -2.08. The molecule has 144 valence electrons. The minimum absolute atomic E-state index is 0.262. The molecule has 0 aromatic carbocycles. The summed E-state index contributed by atoms with van der Waals surface area (Å²) in [5.41, 5.74) is 1.72. The summed E-state index contributed by atoms with van der Waals surface area (Å²) in [6.45, 7) is 1.71. The molecule has 0 radical (unpaired) electrons. The van der Waals surface area contributed by atoms with E-state index in [1.54, 1.807) is 34.5 Å². The van der Waals surface area contributed by atoms with Gasteiger partial charge in [-0.15, -0.1) is 0 Å². The first-order valence-electron chi connectivity index (χ1n) is 8.67. The summed E-state index contributed by atoms with van der Waals surface area (Å²) in [5, 5.41) is 23.2. The Hall–Kier alpha value is -4.33. The molecule has 4 aromatic rings. The van der Waals surface area contributed by atoms with E-state index in [1.807, 2.05) is 31.4 Å². The molecule has 0 aliphatic rings. The van der Waals surface area contributed by atoms with Crippen LogP contribution in [0.1, 0.15) is 12.2 Å². The van der Waals surface area contributed by atoms with Crippen molar-refractivity contribution < 1.29 is 4.79 Å². The van der Waals surface area contributed by atoms with Gasteiger partial charge in [-0.2, -0.15) is 15.5 Å². The Morgan fingerprint density at radius 1 is 1.24 bits per heavy atom. The zero-order chi connectivity index (χ0) is 20.4. The van der Waals surface area contributed by atoms with Crippen LogP contribution in [0, 0.1) is 18.3 Å². The lowest BCUT2D eigenvalue weighted by Crippen LogP contribution is -2.12. The van der Waals surface area contributed by atoms with Crippen LogP contribution >= 0.6 is 0 Å². The van der Waals surface area contributed by atoms with E-state index in [9.17, 15) is 4.79 Å². The second-order valence-electron chi connectivity index (χ2n) is 6.17.